The molecule has 0 bridgehead atoms. The van der Waals surface area contributed by atoms with Crippen LogP contribution < -0.4 is 15.5 Å². The molecule has 0 aliphatic carbocycles. The SMILES string of the molecule is O=C(Nc1ccc([N+](=O)[O-])cc1)N1CCN(c2nc(NCc3ccccc3Cl)c3ncn(Cc4ccc([N+](=O)[O-])cc4)c3n2)CC1. The minimum Gasteiger partial charge on any atom is -0.364 e. The summed E-state index contributed by atoms with van der Waals surface area (Å²) in [5.41, 5.74) is 3.26. The van der Waals surface area contributed by atoms with Crippen molar-refractivity contribution in [1.29, 1.82) is 0 Å². The molecule has 2 aromatic heterocycles. The van der Waals surface area contributed by atoms with Crippen molar-refractivity contribution >= 4 is 57.6 Å². The fourth-order valence-electron chi connectivity index (χ4n) is 5.03. The van der Waals surface area contributed by atoms with Crippen LogP contribution in [0.5, 0.6) is 0 Å². The Morgan fingerprint density at radius 2 is 1.52 bits per heavy atom. The lowest BCUT2D eigenvalue weighted by molar-refractivity contribution is -0.385. The second kappa shape index (κ2) is 13.0. The van der Waals surface area contributed by atoms with E-state index in [4.69, 9.17) is 21.6 Å². The molecule has 1 aliphatic rings. The number of nitro groups is 2. The van der Waals surface area contributed by atoms with E-state index in [2.05, 4.69) is 15.6 Å². The van der Waals surface area contributed by atoms with E-state index in [0.717, 1.165) is 11.1 Å². The zero-order valence-electron chi connectivity index (χ0n) is 24.2. The number of nitrogens with zero attached hydrogens (tertiary/aromatic N) is 8. The highest BCUT2D eigenvalue weighted by Crippen LogP contribution is 2.26. The van der Waals surface area contributed by atoms with Crippen LogP contribution in [0.2, 0.25) is 5.02 Å². The molecule has 0 spiro atoms. The van der Waals surface area contributed by atoms with Crippen LogP contribution in [0.15, 0.2) is 79.1 Å². The van der Waals surface area contributed by atoms with Gasteiger partial charge in [0.2, 0.25) is 5.95 Å². The van der Waals surface area contributed by atoms with Gasteiger partial charge in [0.1, 0.15) is 0 Å². The van der Waals surface area contributed by atoms with Gasteiger partial charge >= 0.3 is 6.03 Å². The van der Waals surface area contributed by atoms with E-state index in [0.29, 0.717) is 72.9 Å². The first kappa shape index (κ1) is 30.2. The smallest absolute Gasteiger partial charge is 0.321 e. The van der Waals surface area contributed by atoms with E-state index in [1.165, 1.54) is 36.4 Å². The lowest BCUT2D eigenvalue weighted by Gasteiger charge is -2.34. The Kier molecular flexibility index (Phi) is 8.56. The largest absolute Gasteiger partial charge is 0.364 e. The highest BCUT2D eigenvalue weighted by molar-refractivity contribution is 6.31. The van der Waals surface area contributed by atoms with Crippen LogP contribution >= 0.6 is 11.6 Å². The Bertz CT molecular complexity index is 1910. The molecule has 0 atom stereocenters. The van der Waals surface area contributed by atoms with Crippen molar-refractivity contribution in [2.24, 2.45) is 0 Å². The molecule has 5 aromatic rings. The van der Waals surface area contributed by atoms with Crippen molar-refractivity contribution < 1.29 is 14.6 Å². The van der Waals surface area contributed by atoms with Gasteiger partial charge in [-0.25, -0.2) is 9.78 Å². The van der Waals surface area contributed by atoms with Crippen LogP contribution in [-0.2, 0) is 13.1 Å². The minimum atomic E-state index is -0.495. The summed E-state index contributed by atoms with van der Waals surface area (Å²) in [6, 6.07) is 19.2. The molecule has 1 aliphatic heterocycles. The van der Waals surface area contributed by atoms with Gasteiger partial charge in [0.25, 0.3) is 11.4 Å². The van der Waals surface area contributed by atoms with Gasteiger partial charge in [-0.3, -0.25) is 20.2 Å². The van der Waals surface area contributed by atoms with Gasteiger partial charge in [-0.1, -0.05) is 41.9 Å². The lowest BCUT2D eigenvalue weighted by Crippen LogP contribution is -2.50. The van der Waals surface area contributed by atoms with Crippen LogP contribution in [0, 0.1) is 20.2 Å². The van der Waals surface area contributed by atoms with Gasteiger partial charge in [-0.05, 0) is 29.3 Å². The third-order valence-corrected chi connectivity index (χ3v) is 7.90. The summed E-state index contributed by atoms with van der Waals surface area (Å²) in [7, 11) is 0. The van der Waals surface area contributed by atoms with E-state index in [1.54, 1.807) is 23.4 Å². The lowest BCUT2D eigenvalue weighted by atomic mass is 10.2. The summed E-state index contributed by atoms with van der Waals surface area (Å²) in [6.07, 6.45) is 1.66. The number of benzene rings is 3. The Hall–Kier alpha value is -5.83. The number of amides is 2. The Balaban J connectivity index is 1.22. The van der Waals surface area contributed by atoms with Gasteiger partial charge in [0, 0.05) is 67.7 Å². The number of carbonyl (C=O) groups is 1. The quantitative estimate of drug-likeness (QED) is 0.158. The van der Waals surface area contributed by atoms with Crippen LogP contribution in [-0.4, -0.2) is 66.5 Å². The van der Waals surface area contributed by atoms with Crippen LogP contribution in [0.1, 0.15) is 11.1 Å². The summed E-state index contributed by atoms with van der Waals surface area (Å²) >= 11 is 6.39. The van der Waals surface area contributed by atoms with E-state index in [-0.39, 0.29) is 17.4 Å². The van der Waals surface area contributed by atoms with Crippen molar-refractivity contribution in [2.75, 3.05) is 41.7 Å². The average Bonchev–Trinajstić information content (AvgIpc) is 3.47. The standard InChI is InChI=1S/C30H27ClN10O5/c31-25-4-2-1-3-21(25)17-32-27-26-28(39(19-33-26)18-20-5-9-23(10-6-20)40(43)44)36-29(35-27)37-13-15-38(16-14-37)30(42)34-22-7-11-24(12-8-22)41(45)46/h1-12,19H,13-18H2,(H,34,42)(H,32,35,36). The second-order valence-electron chi connectivity index (χ2n) is 10.5. The number of halogens is 1. The number of nitrogens with one attached hydrogen (secondary N) is 2. The minimum absolute atomic E-state index is 0.00970. The van der Waals surface area contributed by atoms with Gasteiger partial charge in [0.05, 0.1) is 22.7 Å². The molecule has 1 saturated heterocycles. The van der Waals surface area contributed by atoms with Gasteiger partial charge in [0.15, 0.2) is 17.0 Å². The predicted octanol–water partition coefficient (Wildman–Crippen LogP) is 5.31. The molecule has 234 valence electrons. The Morgan fingerprint density at radius 1 is 0.870 bits per heavy atom. The molecule has 3 heterocycles. The van der Waals surface area contributed by atoms with E-state index < -0.39 is 9.85 Å². The summed E-state index contributed by atoms with van der Waals surface area (Å²) in [5.74, 6) is 0.968. The van der Waals surface area contributed by atoms with Crippen LogP contribution in [0.25, 0.3) is 11.2 Å². The molecule has 0 radical (unpaired) electrons. The number of rotatable bonds is 9. The normalized spacial score (nSPS) is 13.1. The highest BCUT2D eigenvalue weighted by atomic mass is 35.5. The summed E-state index contributed by atoms with van der Waals surface area (Å²) in [5, 5.41) is 28.8. The molecule has 15 nitrogen and oxygen atoms in total. The molecule has 2 N–H and O–H groups in total. The number of nitro benzene ring substituents is 2. The maximum atomic E-state index is 12.9. The van der Waals surface area contributed by atoms with E-state index >= 15 is 0 Å². The van der Waals surface area contributed by atoms with E-state index in [9.17, 15) is 25.0 Å². The summed E-state index contributed by atoms with van der Waals surface area (Å²) < 4.78 is 1.86. The number of anilines is 3. The molecule has 0 unspecified atom stereocenters. The summed E-state index contributed by atoms with van der Waals surface area (Å²) in [4.78, 5) is 51.9. The molecule has 6 rings (SSSR count). The number of aromatic nitrogens is 4. The zero-order chi connectivity index (χ0) is 32.2. The number of urea groups is 1. The molecule has 46 heavy (non-hydrogen) atoms. The average molecular weight is 643 g/mol. The third kappa shape index (κ3) is 6.63. The Labute approximate surface area is 266 Å². The van der Waals surface area contributed by atoms with Gasteiger partial charge in [-0.15, -0.1) is 0 Å². The third-order valence-electron chi connectivity index (χ3n) is 7.54. The fraction of sp³-hybridized carbons (Fsp3) is 0.200. The number of fused-ring (bicyclic) bond motifs is 1. The van der Waals surface area contributed by atoms with Crippen molar-refractivity contribution in [3.05, 3.63) is 116 Å². The van der Waals surface area contributed by atoms with Crippen molar-refractivity contribution in [1.82, 2.24) is 24.4 Å². The fourth-order valence-corrected chi connectivity index (χ4v) is 5.23. The molecule has 2 amide bonds. The first-order valence-electron chi connectivity index (χ1n) is 14.2. The number of imidazole rings is 1. The predicted molar refractivity (Wildman–Crippen MR) is 172 cm³/mol. The highest BCUT2D eigenvalue weighted by Gasteiger charge is 2.25. The molecule has 3 aromatic carbocycles. The molecule has 0 saturated carbocycles. The van der Waals surface area contributed by atoms with Gasteiger partial charge < -0.3 is 25.0 Å². The zero-order valence-corrected chi connectivity index (χ0v) is 25.0. The topological polar surface area (TPSA) is 177 Å². The number of hydrogen-bond acceptors (Lipinski definition) is 10. The Morgan fingerprint density at radius 3 is 2.17 bits per heavy atom. The first-order chi connectivity index (χ1) is 22.2. The number of piperazine rings is 1. The monoisotopic (exact) mass is 642 g/mol. The molecular formula is C30H27ClN10O5. The van der Waals surface area contributed by atoms with Crippen molar-refractivity contribution in [3.63, 3.8) is 0 Å². The number of non-ortho nitro benzene ring substituents is 2. The molecule has 16 heteroatoms. The number of hydrogen-bond donors (Lipinski definition) is 2. The van der Waals surface area contributed by atoms with E-state index in [1.807, 2.05) is 33.7 Å². The summed E-state index contributed by atoms with van der Waals surface area (Å²) in [6.45, 7) is 2.48. The molecular weight excluding hydrogens is 616 g/mol. The second-order valence-corrected chi connectivity index (χ2v) is 10.9. The maximum absolute atomic E-state index is 12.9. The van der Waals surface area contributed by atoms with Crippen molar-refractivity contribution in [2.45, 2.75) is 13.1 Å². The molecule has 1 fully saturated rings. The van der Waals surface area contributed by atoms with Crippen LogP contribution in [0.4, 0.5) is 33.6 Å². The first-order valence-corrected chi connectivity index (χ1v) is 14.6. The number of carbonyl (C=O) groups excluding carboxylic acids is 1. The van der Waals surface area contributed by atoms with Crippen LogP contribution in [0.3, 0.4) is 0 Å². The maximum Gasteiger partial charge on any atom is 0.321 e. The van der Waals surface area contributed by atoms with Crippen molar-refractivity contribution in [3.8, 4) is 0 Å². The van der Waals surface area contributed by atoms with Gasteiger partial charge in [-0.2, -0.15) is 9.97 Å².